The molecule has 0 saturated carbocycles. The van der Waals surface area contributed by atoms with Gasteiger partial charge >= 0.3 is 0 Å². The first kappa shape index (κ1) is 10.8. The van der Waals surface area contributed by atoms with Gasteiger partial charge in [0.15, 0.2) is 0 Å². The van der Waals surface area contributed by atoms with E-state index in [1.54, 1.807) is 12.4 Å². The molecular weight excluding hydrogens is 198 g/mol. The van der Waals surface area contributed by atoms with Gasteiger partial charge < -0.3 is 5.32 Å². The van der Waals surface area contributed by atoms with Crippen LogP contribution in [-0.2, 0) is 6.54 Å². The van der Waals surface area contributed by atoms with Crippen molar-refractivity contribution in [3.05, 3.63) is 60.2 Å². The number of hydrogen-bond donors (Lipinski definition) is 1. The van der Waals surface area contributed by atoms with Crippen LogP contribution in [0, 0.1) is 0 Å². The third-order valence-corrected chi connectivity index (χ3v) is 2.49. The van der Waals surface area contributed by atoms with Crippen LogP contribution in [0.1, 0.15) is 24.4 Å². The minimum absolute atomic E-state index is 0.310. The molecule has 1 aromatic carbocycles. The Hall–Kier alpha value is -1.74. The molecule has 0 radical (unpaired) electrons. The fraction of sp³-hybridized carbons (Fsp3) is 0.231. The highest BCUT2D eigenvalue weighted by molar-refractivity contribution is 5.18. The van der Waals surface area contributed by atoms with E-state index >= 15 is 0 Å². The van der Waals surface area contributed by atoms with E-state index in [0.717, 1.165) is 5.82 Å². The molecule has 0 spiro atoms. The summed E-state index contributed by atoms with van der Waals surface area (Å²) in [6.45, 7) is 2.83. The molecule has 0 aliphatic heterocycles. The van der Waals surface area contributed by atoms with E-state index in [-0.39, 0.29) is 0 Å². The van der Waals surface area contributed by atoms with Gasteiger partial charge in [-0.3, -0.25) is 0 Å². The molecular formula is C13H15N3. The predicted molar refractivity (Wildman–Crippen MR) is 63.7 cm³/mol. The maximum atomic E-state index is 4.17. The standard InChI is InChI=1S/C13H15N3/c1-11(12-6-3-2-4-7-12)16-10-13-14-8-5-9-15-13/h2-9,11,16H,10H2,1H3/t11-/m1/s1. The topological polar surface area (TPSA) is 37.8 Å². The molecule has 3 heteroatoms. The summed E-state index contributed by atoms with van der Waals surface area (Å²) in [6, 6.07) is 12.5. The molecule has 1 aromatic heterocycles. The molecule has 0 saturated heterocycles. The molecule has 0 bridgehead atoms. The van der Waals surface area contributed by atoms with Crippen LogP contribution in [0.15, 0.2) is 48.8 Å². The van der Waals surface area contributed by atoms with Gasteiger partial charge in [-0.25, -0.2) is 9.97 Å². The zero-order chi connectivity index (χ0) is 11.2. The van der Waals surface area contributed by atoms with Gasteiger partial charge in [0.25, 0.3) is 0 Å². The van der Waals surface area contributed by atoms with Crippen LogP contribution in [0.5, 0.6) is 0 Å². The molecule has 0 unspecified atom stereocenters. The predicted octanol–water partition coefficient (Wildman–Crippen LogP) is 2.33. The maximum Gasteiger partial charge on any atom is 0.141 e. The molecule has 0 aliphatic carbocycles. The van der Waals surface area contributed by atoms with E-state index in [9.17, 15) is 0 Å². The van der Waals surface area contributed by atoms with Gasteiger partial charge in [-0.2, -0.15) is 0 Å². The highest BCUT2D eigenvalue weighted by atomic mass is 15.0. The summed E-state index contributed by atoms with van der Waals surface area (Å²) in [6.07, 6.45) is 3.52. The molecule has 0 aliphatic rings. The van der Waals surface area contributed by atoms with Gasteiger partial charge in [0.05, 0.1) is 6.54 Å². The summed E-state index contributed by atoms with van der Waals surface area (Å²) in [5.74, 6) is 0.824. The second kappa shape index (κ2) is 5.37. The van der Waals surface area contributed by atoms with Gasteiger partial charge in [-0.05, 0) is 18.6 Å². The third-order valence-electron chi connectivity index (χ3n) is 2.49. The van der Waals surface area contributed by atoms with Crippen molar-refractivity contribution in [2.45, 2.75) is 19.5 Å². The Balaban J connectivity index is 1.92. The van der Waals surface area contributed by atoms with E-state index in [4.69, 9.17) is 0 Å². The van der Waals surface area contributed by atoms with Gasteiger partial charge in [-0.1, -0.05) is 30.3 Å². The smallest absolute Gasteiger partial charge is 0.141 e. The van der Waals surface area contributed by atoms with Crippen LogP contribution in [-0.4, -0.2) is 9.97 Å². The van der Waals surface area contributed by atoms with Crippen molar-refractivity contribution >= 4 is 0 Å². The molecule has 2 aromatic rings. The Morgan fingerprint density at radius 1 is 1.06 bits per heavy atom. The molecule has 82 valence electrons. The van der Waals surface area contributed by atoms with Crippen LogP contribution in [0.3, 0.4) is 0 Å². The molecule has 0 fully saturated rings. The lowest BCUT2D eigenvalue weighted by Crippen LogP contribution is -2.19. The molecule has 1 heterocycles. The lowest BCUT2D eigenvalue weighted by Gasteiger charge is -2.13. The number of benzene rings is 1. The SMILES string of the molecule is C[C@@H](NCc1ncccn1)c1ccccc1. The second-order valence-electron chi connectivity index (χ2n) is 3.68. The zero-order valence-electron chi connectivity index (χ0n) is 9.30. The molecule has 3 nitrogen and oxygen atoms in total. The summed E-state index contributed by atoms with van der Waals surface area (Å²) in [4.78, 5) is 8.34. The molecule has 1 atom stereocenters. The first-order chi connectivity index (χ1) is 7.86. The van der Waals surface area contributed by atoms with Crippen molar-refractivity contribution in [3.8, 4) is 0 Å². The fourth-order valence-electron chi connectivity index (χ4n) is 1.53. The third kappa shape index (κ3) is 2.87. The lowest BCUT2D eigenvalue weighted by molar-refractivity contribution is 0.559. The van der Waals surface area contributed by atoms with Crippen LogP contribution in [0.25, 0.3) is 0 Å². The zero-order valence-corrected chi connectivity index (χ0v) is 9.30. The van der Waals surface area contributed by atoms with Gasteiger partial charge in [0, 0.05) is 18.4 Å². The highest BCUT2D eigenvalue weighted by Gasteiger charge is 2.04. The van der Waals surface area contributed by atoms with Crippen LogP contribution < -0.4 is 5.32 Å². The Kier molecular flexibility index (Phi) is 3.62. The average Bonchev–Trinajstić information content (AvgIpc) is 2.38. The largest absolute Gasteiger partial charge is 0.303 e. The normalized spacial score (nSPS) is 12.3. The van der Waals surface area contributed by atoms with Crippen molar-refractivity contribution in [2.24, 2.45) is 0 Å². The number of nitrogens with zero attached hydrogens (tertiary/aromatic N) is 2. The first-order valence-corrected chi connectivity index (χ1v) is 5.40. The summed E-state index contributed by atoms with van der Waals surface area (Å²) >= 11 is 0. The highest BCUT2D eigenvalue weighted by Crippen LogP contribution is 2.11. The van der Waals surface area contributed by atoms with Crippen molar-refractivity contribution in [1.82, 2.24) is 15.3 Å². The summed E-state index contributed by atoms with van der Waals surface area (Å²) in [7, 11) is 0. The molecule has 1 N–H and O–H groups in total. The monoisotopic (exact) mass is 213 g/mol. The van der Waals surface area contributed by atoms with Crippen LogP contribution in [0.2, 0.25) is 0 Å². The van der Waals surface area contributed by atoms with Crippen molar-refractivity contribution in [3.63, 3.8) is 0 Å². The maximum absolute atomic E-state index is 4.17. The van der Waals surface area contributed by atoms with E-state index in [1.165, 1.54) is 5.56 Å². The van der Waals surface area contributed by atoms with Gasteiger partial charge in [0.2, 0.25) is 0 Å². The number of hydrogen-bond acceptors (Lipinski definition) is 3. The van der Waals surface area contributed by atoms with Crippen LogP contribution in [0.4, 0.5) is 0 Å². The Morgan fingerprint density at radius 2 is 1.75 bits per heavy atom. The van der Waals surface area contributed by atoms with E-state index < -0.39 is 0 Å². The van der Waals surface area contributed by atoms with Crippen LogP contribution >= 0.6 is 0 Å². The number of aromatic nitrogens is 2. The number of nitrogens with one attached hydrogen (secondary N) is 1. The Morgan fingerprint density at radius 3 is 2.44 bits per heavy atom. The first-order valence-electron chi connectivity index (χ1n) is 5.40. The molecule has 0 amide bonds. The summed E-state index contributed by atoms with van der Waals surface area (Å²) < 4.78 is 0. The van der Waals surface area contributed by atoms with Gasteiger partial charge in [0.1, 0.15) is 5.82 Å². The molecule has 2 rings (SSSR count). The average molecular weight is 213 g/mol. The quantitative estimate of drug-likeness (QED) is 0.847. The van der Waals surface area contributed by atoms with Crippen molar-refractivity contribution in [2.75, 3.05) is 0 Å². The minimum atomic E-state index is 0.310. The van der Waals surface area contributed by atoms with E-state index in [2.05, 4.69) is 34.3 Å². The van der Waals surface area contributed by atoms with E-state index in [0.29, 0.717) is 12.6 Å². The van der Waals surface area contributed by atoms with Crippen molar-refractivity contribution in [1.29, 1.82) is 0 Å². The molecule has 16 heavy (non-hydrogen) atoms. The van der Waals surface area contributed by atoms with Crippen molar-refractivity contribution < 1.29 is 0 Å². The fourth-order valence-corrected chi connectivity index (χ4v) is 1.53. The summed E-state index contributed by atoms with van der Waals surface area (Å²) in [5.41, 5.74) is 1.28. The minimum Gasteiger partial charge on any atom is -0.303 e. The van der Waals surface area contributed by atoms with Gasteiger partial charge in [-0.15, -0.1) is 0 Å². The number of rotatable bonds is 4. The Labute approximate surface area is 95.6 Å². The lowest BCUT2D eigenvalue weighted by atomic mass is 10.1. The second-order valence-corrected chi connectivity index (χ2v) is 3.68. The Bertz CT molecular complexity index is 414. The van der Waals surface area contributed by atoms with E-state index in [1.807, 2.05) is 24.3 Å². The summed E-state index contributed by atoms with van der Waals surface area (Å²) in [5, 5.41) is 3.39.